The van der Waals surface area contributed by atoms with Gasteiger partial charge in [0.1, 0.15) is 4.32 Å². The molecule has 1 aromatic rings. The van der Waals surface area contributed by atoms with E-state index in [0.717, 1.165) is 15.8 Å². The maximum atomic E-state index is 5.20. The van der Waals surface area contributed by atoms with Gasteiger partial charge >= 0.3 is 0 Å². The lowest BCUT2D eigenvalue weighted by Gasteiger charge is -2.06. The Bertz CT molecular complexity index is 272. The Morgan fingerprint density at radius 1 is 1.36 bits per heavy atom. The summed E-state index contributed by atoms with van der Waals surface area (Å²) in [6.07, 6.45) is 2.45. The summed E-state index contributed by atoms with van der Waals surface area (Å²) in [6, 6.07) is 10.0. The molecule has 0 heterocycles. The highest BCUT2D eigenvalue weighted by molar-refractivity contribution is 8.23. The molecule has 0 atom stereocenters. The molecule has 0 aliphatic carbocycles. The minimum Gasteiger partial charge on any atom is -0.341 e. The monoisotopic (exact) mass is 225 g/mol. The van der Waals surface area contributed by atoms with Crippen LogP contribution in [0, 0.1) is 0 Å². The molecule has 0 amide bonds. The van der Waals surface area contributed by atoms with Crippen molar-refractivity contribution in [2.75, 3.05) is 11.1 Å². The molecule has 1 N–H and O–H groups in total. The summed E-state index contributed by atoms with van der Waals surface area (Å²) < 4.78 is 0.865. The van der Waals surface area contributed by atoms with E-state index in [-0.39, 0.29) is 0 Å². The molecule has 0 unspecified atom stereocenters. The van der Waals surface area contributed by atoms with Crippen molar-refractivity contribution >= 4 is 34.0 Å². The molecule has 0 saturated carbocycles. The topological polar surface area (TPSA) is 12.0 Å². The molecular weight excluding hydrogens is 210 g/mol. The predicted octanol–water partition coefficient (Wildman–Crippen LogP) is 3.92. The third kappa shape index (κ3) is 4.63. The van der Waals surface area contributed by atoms with Gasteiger partial charge in [0.2, 0.25) is 0 Å². The Kier molecular flexibility index (Phi) is 5.64. The van der Waals surface area contributed by atoms with Gasteiger partial charge in [0.15, 0.2) is 0 Å². The van der Waals surface area contributed by atoms with Crippen molar-refractivity contribution in [1.82, 2.24) is 0 Å². The van der Waals surface area contributed by atoms with Crippen molar-refractivity contribution in [3.8, 4) is 0 Å². The van der Waals surface area contributed by atoms with Crippen molar-refractivity contribution < 1.29 is 0 Å². The Hall–Kier alpha value is -0.540. The summed E-state index contributed by atoms with van der Waals surface area (Å²) >= 11 is 6.92. The maximum Gasteiger partial charge on any atom is 0.138 e. The number of benzene rings is 1. The zero-order chi connectivity index (χ0) is 10.2. The van der Waals surface area contributed by atoms with E-state index < -0.39 is 0 Å². The highest BCUT2D eigenvalue weighted by Crippen LogP contribution is 2.12. The summed E-state index contributed by atoms with van der Waals surface area (Å²) in [4.78, 5) is 0. The Balaban J connectivity index is 2.27. The van der Waals surface area contributed by atoms with E-state index in [1.54, 1.807) is 11.8 Å². The van der Waals surface area contributed by atoms with Crippen LogP contribution in [-0.4, -0.2) is 10.1 Å². The summed E-state index contributed by atoms with van der Waals surface area (Å²) in [7, 11) is 0. The predicted molar refractivity (Wildman–Crippen MR) is 70.0 cm³/mol. The number of rotatable bonds is 4. The van der Waals surface area contributed by atoms with E-state index in [0.29, 0.717) is 0 Å². The average Bonchev–Trinajstić information content (AvgIpc) is 2.20. The highest BCUT2D eigenvalue weighted by atomic mass is 32.2. The molecular formula is C11H15NS2. The van der Waals surface area contributed by atoms with E-state index in [9.17, 15) is 0 Å². The molecule has 0 aliphatic rings. The van der Waals surface area contributed by atoms with Crippen LogP contribution in [0.25, 0.3) is 0 Å². The minimum absolute atomic E-state index is 0.865. The number of hydrogen-bond acceptors (Lipinski definition) is 2. The Morgan fingerprint density at radius 3 is 2.71 bits per heavy atom. The molecule has 0 radical (unpaired) electrons. The van der Waals surface area contributed by atoms with Gasteiger partial charge < -0.3 is 5.32 Å². The molecule has 1 nitrogen and oxygen atoms in total. The summed E-state index contributed by atoms with van der Waals surface area (Å²) in [5, 5.41) is 3.20. The van der Waals surface area contributed by atoms with E-state index in [1.807, 2.05) is 30.3 Å². The number of unbranched alkanes of at least 4 members (excludes halogenated alkanes) is 1. The lowest BCUT2D eigenvalue weighted by atomic mass is 10.3. The summed E-state index contributed by atoms with van der Waals surface area (Å²) in [5.74, 6) is 1.11. The first kappa shape index (κ1) is 11.5. The van der Waals surface area contributed by atoms with Gasteiger partial charge in [-0.2, -0.15) is 0 Å². The fraction of sp³-hybridized carbons (Fsp3) is 0.364. The van der Waals surface area contributed by atoms with Crippen LogP contribution in [0.3, 0.4) is 0 Å². The molecule has 76 valence electrons. The smallest absolute Gasteiger partial charge is 0.138 e. The number of hydrogen-bond donors (Lipinski definition) is 1. The second-order valence-corrected chi connectivity index (χ2v) is 4.75. The molecule has 3 heteroatoms. The lowest BCUT2D eigenvalue weighted by molar-refractivity contribution is 0.898. The summed E-state index contributed by atoms with van der Waals surface area (Å²) in [5.41, 5.74) is 1.07. The molecule has 0 spiro atoms. The van der Waals surface area contributed by atoms with Gasteiger partial charge in [0.05, 0.1) is 0 Å². The third-order valence-corrected chi connectivity index (χ3v) is 3.06. The molecule has 0 saturated heterocycles. The van der Waals surface area contributed by atoms with Crippen molar-refractivity contribution in [2.24, 2.45) is 0 Å². The van der Waals surface area contributed by atoms with Gasteiger partial charge in [0, 0.05) is 11.4 Å². The molecule has 14 heavy (non-hydrogen) atoms. The van der Waals surface area contributed by atoms with Crippen molar-refractivity contribution in [3.05, 3.63) is 30.3 Å². The van der Waals surface area contributed by atoms with Crippen LogP contribution in [-0.2, 0) is 0 Å². The van der Waals surface area contributed by atoms with Gasteiger partial charge in [-0.3, -0.25) is 0 Å². The van der Waals surface area contributed by atoms with Crippen LogP contribution in [0.4, 0.5) is 5.69 Å². The second kappa shape index (κ2) is 6.85. The first-order valence-corrected chi connectivity index (χ1v) is 6.21. The first-order valence-electron chi connectivity index (χ1n) is 4.81. The normalized spacial score (nSPS) is 9.79. The molecule has 0 bridgehead atoms. The van der Waals surface area contributed by atoms with E-state index in [4.69, 9.17) is 12.2 Å². The van der Waals surface area contributed by atoms with E-state index in [1.165, 1.54) is 12.8 Å². The van der Waals surface area contributed by atoms with Crippen LogP contribution < -0.4 is 5.32 Å². The Labute approximate surface area is 95.3 Å². The summed E-state index contributed by atoms with van der Waals surface area (Å²) in [6.45, 7) is 2.19. The zero-order valence-corrected chi connectivity index (χ0v) is 9.96. The van der Waals surface area contributed by atoms with Gasteiger partial charge in [-0.1, -0.05) is 55.5 Å². The fourth-order valence-electron chi connectivity index (χ4n) is 0.985. The van der Waals surface area contributed by atoms with Crippen molar-refractivity contribution in [1.29, 1.82) is 0 Å². The quantitative estimate of drug-likeness (QED) is 0.616. The van der Waals surface area contributed by atoms with Crippen LogP contribution in [0.15, 0.2) is 30.3 Å². The van der Waals surface area contributed by atoms with E-state index in [2.05, 4.69) is 12.2 Å². The number of thioether (sulfide) groups is 1. The van der Waals surface area contributed by atoms with Crippen LogP contribution in [0.1, 0.15) is 19.8 Å². The van der Waals surface area contributed by atoms with Gasteiger partial charge in [-0.25, -0.2) is 0 Å². The minimum atomic E-state index is 0.865. The Morgan fingerprint density at radius 2 is 2.07 bits per heavy atom. The standard InChI is InChI=1S/C11H15NS2/c1-2-3-9-14-11(13)12-10-7-5-4-6-8-10/h4-8H,2-3,9H2,1H3,(H,12,13). The van der Waals surface area contributed by atoms with Crippen LogP contribution in [0.2, 0.25) is 0 Å². The SMILES string of the molecule is CCCCSC(=S)Nc1ccccc1. The largest absolute Gasteiger partial charge is 0.341 e. The molecule has 1 aromatic carbocycles. The van der Waals surface area contributed by atoms with Gasteiger partial charge in [0.25, 0.3) is 0 Å². The lowest BCUT2D eigenvalue weighted by Crippen LogP contribution is -2.04. The number of para-hydroxylation sites is 1. The van der Waals surface area contributed by atoms with E-state index >= 15 is 0 Å². The second-order valence-electron chi connectivity index (χ2n) is 2.98. The molecule has 0 aliphatic heterocycles. The number of nitrogens with one attached hydrogen (secondary N) is 1. The first-order chi connectivity index (χ1) is 6.83. The average molecular weight is 225 g/mol. The number of anilines is 1. The molecule has 1 rings (SSSR count). The van der Waals surface area contributed by atoms with Crippen LogP contribution in [0.5, 0.6) is 0 Å². The molecule has 0 aromatic heterocycles. The third-order valence-electron chi connectivity index (χ3n) is 1.75. The van der Waals surface area contributed by atoms with Gasteiger partial charge in [-0.15, -0.1) is 0 Å². The van der Waals surface area contributed by atoms with Gasteiger partial charge in [-0.05, 0) is 18.6 Å². The van der Waals surface area contributed by atoms with Crippen molar-refractivity contribution in [2.45, 2.75) is 19.8 Å². The maximum absolute atomic E-state index is 5.20. The number of thiocarbonyl (C=S) groups is 1. The highest BCUT2D eigenvalue weighted by Gasteiger charge is 1.96. The fourth-order valence-corrected chi connectivity index (χ4v) is 2.16. The van der Waals surface area contributed by atoms with Crippen molar-refractivity contribution in [3.63, 3.8) is 0 Å². The zero-order valence-electron chi connectivity index (χ0n) is 8.32. The molecule has 0 fully saturated rings. The van der Waals surface area contributed by atoms with Crippen LogP contribution >= 0.6 is 24.0 Å².